The van der Waals surface area contributed by atoms with E-state index in [-0.39, 0.29) is 5.92 Å². The molecule has 1 aliphatic rings. The van der Waals surface area contributed by atoms with Crippen molar-refractivity contribution in [2.75, 3.05) is 0 Å². The second-order valence-corrected chi connectivity index (χ2v) is 5.17. The predicted molar refractivity (Wildman–Crippen MR) is 73.8 cm³/mol. The summed E-state index contributed by atoms with van der Waals surface area (Å²) in [4.78, 5) is 12.0. The molecule has 0 spiro atoms. The minimum Gasteiger partial charge on any atom is -0.294 e. The molecule has 1 aliphatic carbocycles. The van der Waals surface area contributed by atoms with Crippen LogP contribution in [-0.2, 0) is 6.42 Å². The zero-order valence-corrected chi connectivity index (χ0v) is 10.7. The Balaban J connectivity index is 2.19. The first-order valence-electron chi connectivity index (χ1n) is 6.40. The fraction of sp³-hybridized carbons (Fsp3) is 0.235. The number of benzene rings is 2. The molecule has 1 atom stereocenters. The normalized spacial score (nSPS) is 17.9. The molecule has 0 amide bonds. The van der Waals surface area contributed by atoms with E-state index in [0.29, 0.717) is 5.78 Å². The highest BCUT2D eigenvalue weighted by molar-refractivity contribution is 6.03. The summed E-state index contributed by atoms with van der Waals surface area (Å²) in [6.45, 7) is 4.11. The van der Waals surface area contributed by atoms with E-state index < -0.39 is 0 Å². The van der Waals surface area contributed by atoms with Crippen LogP contribution in [0.25, 0.3) is 11.1 Å². The van der Waals surface area contributed by atoms with E-state index in [1.54, 1.807) is 0 Å². The van der Waals surface area contributed by atoms with Crippen molar-refractivity contribution in [3.63, 3.8) is 0 Å². The summed E-state index contributed by atoms with van der Waals surface area (Å²) in [5.41, 5.74) is 5.83. The third kappa shape index (κ3) is 1.67. The van der Waals surface area contributed by atoms with Crippen molar-refractivity contribution in [1.82, 2.24) is 0 Å². The highest BCUT2D eigenvalue weighted by atomic mass is 16.1. The first kappa shape index (κ1) is 11.2. The van der Waals surface area contributed by atoms with Crippen molar-refractivity contribution >= 4 is 5.78 Å². The number of rotatable bonds is 1. The standard InChI is InChI=1S/C17H16O/c1-11-5-3-6-13(9-11)14-7-4-8-15-16(14)10-12(2)17(15)18/h3-9,12H,10H2,1-2H3. The van der Waals surface area contributed by atoms with Gasteiger partial charge in [0.15, 0.2) is 5.78 Å². The third-order valence-electron chi connectivity index (χ3n) is 3.73. The average molecular weight is 236 g/mol. The summed E-state index contributed by atoms with van der Waals surface area (Å²) in [5, 5.41) is 0. The smallest absolute Gasteiger partial charge is 0.166 e. The first-order valence-corrected chi connectivity index (χ1v) is 6.40. The van der Waals surface area contributed by atoms with Gasteiger partial charge >= 0.3 is 0 Å². The van der Waals surface area contributed by atoms with Crippen molar-refractivity contribution in [1.29, 1.82) is 0 Å². The topological polar surface area (TPSA) is 17.1 Å². The van der Waals surface area contributed by atoms with Crippen LogP contribution >= 0.6 is 0 Å². The third-order valence-corrected chi connectivity index (χ3v) is 3.73. The van der Waals surface area contributed by atoms with E-state index in [9.17, 15) is 4.79 Å². The maximum atomic E-state index is 12.0. The van der Waals surface area contributed by atoms with Crippen LogP contribution < -0.4 is 0 Å². The Morgan fingerprint density at radius 1 is 1.06 bits per heavy atom. The lowest BCUT2D eigenvalue weighted by atomic mass is 9.96. The molecule has 2 aromatic rings. The van der Waals surface area contributed by atoms with Gasteiger partial charge in [-0.25, -0.2) is 0 Å². The fourth-order valence-electron chi connectivity index (χ4n) is 2.78. The Kier molecular flexibility index (Phi) is 2.55. The average Bonchev–Trinajstić information content (AvgIpc) is 2.65. The molecule has 0 radical (unpaired) electrons. The molecule has 1 heteroatoms. The molecule has 0 heterocycles. The first-order chi connectivity index (χ1) is 8.66. The number of hydrogen-bond acceptors (Lipinski definition) is 1. The van der Waals surface area contributed by atoms with Crippen LogP contribution in [-0.4, -0.2) is 5.78 Å². The van der Waals surface area contributed by atoms with E-state index in [1.165, 1.54) is 22.3 Å². The summed E-state index contributed by atoms with van der Waals surface area (Å²) >= 11 is 0. The number of carbonyl (C=O) groups is 1. The van der Waals surface area contributed by atoms with Crippen molar-refractivity contribution in [2.24, 2.45) is 5.92 Å². The predicted octanol–water partition coefficient (Wildman–Crippen LogP) is 4.04. The molecule has 90 valence electrons. The molecular weight excluding hydrogens is 220 g/mol. The zero-order valence-electron chi connectivity index (χ0n) is 10.7. The molecule has 0 saturated heterocycles. The highest BCUT2D eigenvalue weighted by Gasteiger charge is 2.28. The summed E-state index contributed by atoms with van der Waals surface area (Å²) in [6.07, 6.45) is 0.873. The Labute approximate surface area is 107 Å². The van der Waals surface area contributed by atoms with Gasteiger partial charge in [0.05, 0.1) is 0 Å². The largest absolute Gasteiger partial charge is 0.294 e. The number of carbonyl (C=O) groups excluding carboxylic acids is 1. The van der Waals surface area contributed by atoms with Crippen molar-refractivity contribution in [3.05, 3.63) is 59.2 Å². The highest BCUT2D eigenvalue weighted by Crippen LogP contribution is 2.34. The van der Waals surface area contributed by atoms with Gasteiger partial charge in [0.25, 0.3) is 0 Å². The van der Waals surface area contributed by atoms with Crippen LogP contribution in [0.4, 0.5) is 0 Å². The molecule has 0 bridgehead atoms. The minimum absolute atomic E-state index is 0.131. The van der Waals surface area contributed by atoms with Crippen LogP contribution in [0.15, 0.2) is 42.5 Å². The number of Topliss-reactive ketones (excluding diaryl/α,β-unsaturated/α-hetero) is 1. The number of aryl methyl sites for hydroxylation is 1. The minimum atomic E-state index is 0.131. The maximum absolute atomic E-state index is 12.0. The zero-order chi connectivity index (χ0) is 12.7. The monoisotopic (exact) mass is 236 g/mol. The fourth-order valence-corrected chi connectivity index (χ4v) is 2.78. The summed E-state index contributed by atoms with van der Waals surface area (Å²) in [7, 11) is 0. The number of fused-ring (bicyclic) bond motifs is 1. The van der Waals surface area contributed by atoms with Crippen molar-refractivity contribution in [3.8, 4) is 11.1 Å². The quantitative estimate of drug-likeness (QED) is 0.730. The lowest BCUT2D eigenvalue weighted by molar-refractivity contribution is 0.0946. The molecule has 2 aromatic carbocycles. The molecule has 0 aromatic heterocycles. The molecule has 1 nitrogen and oxygen atoms in total. The van der Waals surface area contributed by atoms with Gasteiger partial charge in [-0.15, -0.1) is 0 Å². The van der Waals surface area contributed by atoms with Crippen LogP contribution in [0.5, 0.6) is 0 Å². The molecule has 0 aliphatic heterocycles. The summed E-state index contributed by atoms with van der Waals surface area (Å²) in [6, 6.07) is 14.6. The second kappa shape index (κ2) is 4.09. The molecule has 3 rings (SSSR count). The summed E-state index contributed by atoms with van der Waals surface area (Å²) < 4.78 is 0. The second-order valence-electron chi connectivity index (χ2n) is 5.17. The Hall–Kier alpha value is -1.89. The maximum Gasteiger partial charge on any atom is 0.166 e. The Morgan fingerprint density at radius 2 is 1.78 bits per heavy atom. The molecule has 0 fully saturated rings. The molecular formula is C17H16O. The number of ketones is 1. The van der Waals surface area contributed by atoms with E-state index >= 15 is 0 Å². The van der Waals surface area contributed by atoms with Gasteiger partial charge in [0.2, 0.25) is 0 Å². The van der Waals surface area contributed by atoms with Crippen LogP contribution in [0.3, 0.4) is 0 Å². The van der Waals surface area contributed by atoms with E-state index in [1.807, 2.05) is 19.1 Å². The van der Waals surface area contributed by atoms with Gasteiger partial charge in [-0.05, 0) is 30.0 Å². The molecule has 0 N–H and O–H groups in total. The van der Waals surface area contributed by atoms with Gasteiger partial charge in [-0.2, -0.15) is 0 Å². The van der Waals surface area contributed by atoms with Crippen LogP contribution in [0.1, 0.15) is 28.4 Å². The van der Waals surface area contributed by atoms with Gasteiger partial charge in [0.1, 0.15) is 0 Å². The van der Waals surface area contributed by atoms with E-state index in [0.717, 1.165) is 12.0 Å². The van der Waals surface area contributed by atoms with E-state index in [4.69, 9.17) is 0 Å². The van der Waals surface area contributed by atoms with Crippen LogP contribution in [0, 0.1) is 12.8 Å². The lowest BCUT2D eigenvalue weighted by Crippen LogP contribution is -2.02. The van der Waals surface area contributed by atoms with Gasteiger partial charge in [-0.3, -0.25) is 4.79 Å². The van der Waals surface area contributed by atoms with Gasteiger partial charge in [0, 0.05) is 11.5 Å². The van der Waals surface area contributed by atoms with Gasteiger partial charge in [-0.1, -0.05) is 55.0 Å². The molecule has 18 heavy (non-hydrogen) atoms. The van der Waals surface area contributed by atoms with Crippen LogP contribution in [0.2, 0.25) is 0 Å². The molecule has 1 unspecified atom stereocenters. The summed E-state index contributed by atoms with van der Waals surface area (Å²) in [5.74, 6) is 0.422. The van der Waals surface area contributed by atoms with Crippen molar-refractivity contribution < 1.29 is 4.79 Å². The van der Waals surface area contributed by atoms with Gasteiger partial charge < -0.3 is 0 Å². The SMILES string of the molecule is Cc1cccc(-c2cccc3c2CC(C)C3=O)c1. The van der Waals surface area contributed by atoms with E-state index in [2.05, 4.69) is 37.3 Å². The Morgan fingerprint density at radius 3 is 2.56 bits per heavy atom. The molecule has 0 saturated carbocycles. The number of hydrogen-bond donors (Lipinski definition) is 0. The Bertz CT molecular complexity index is 625. The lowest BCUT2D eigenvalue weighted by Gasteiger charge is -2.08. The van der Waals surface area contributed by atoms with Crippen molar-refractivity contribution in [2.45, 2.75) is 20.3 Å².